The fraction of sp³-hybridized carbons (Fsp3) is 0.133. The summed E-state index contributed by atoms with van der Waals surface area (Å²) in [6.45, 7) is 0. The minimum atomic E-state index is -1.02. The number of aliphatic carboxylic acids is 1. The Morgan fingerprint density at radius 3 is 2.26 bits per heavy atom. The first kappa shape index (κ1) is 19.0. The van der Waals surface area contributed by atoms with E-state index in [1.54, 1.807) is 24.3 Å². The van der Waals surface area contributed by atoms with Crippen molar-refractivity contribution in [2.75, 3.05) is 0 Å². The second-order valence-corrected chi connectivity index (χ2v) is 8.24. The zero-order valence-corrected chi connectivity index (χ0v) is 18.1. The molecular weight excluding hydrogens is 639 g/mol. The number of carbonyl (C=O) groups is 1. The molecule has 0 saturated carbocycles. The van der Waals surface area contributed by atoms with Gasteiger partial charge in [0.25, 0.3) is 0 Å². The van der Waals surface area contributed by atoms with Crippen molar-refractivity contribution >= 4 is 73.7 Å². The lowest BCUT2D eigenvalue weighted by molar-refractivity contribution is -0.138. The number of carboxylic acid groups (broad SMARTS) is 1. The topological polar surface area (TPSA) is 92.8 Å². The smallest absolute Gasteiger partial charge is 0.320 e. The molecule has 122 valence electrons. The van der Waals surface area contributed by atoms with Gasteiger partial charge in [-0.2, -0.15) is 0 Å². The molecule has 5 nitrogen and oxygen atoms in total. The molecule has 8 heteroatoms. The summed E-state index contributed by atoms with van der Waals surface area (Å²) in [5.74, 6) is 0.518. The van der Waals surface area contributed by atoms with Gasteiger partial charge in [0.05, 0.1) is 10.7 Å². The van der Waals surface area contributed by atoms with Gasteiger partial charge < -0.3 is 20.7 Å². The molecule has 0 fully saturated rings. The highest BCUT2D eigenvalue weighted by atomic mass is 127. The summed E-state index contributed by atoms with van der Waals surface area (Å²) in [5, 5.41) is 18.4. The standard InChI is InChI=1S/C15H12I3NO4/c16-9-3-7(4-12(19)15(21)22)1-2-13(9)23-14-10(17)5-8(20)6-11(14)18/h1-3,5-6,12,20H,4,19H2,(H,21,22)/t12-/m0/s1. The van der Waals surface area contributed by atoms with E-state index in [1.807, 2.05) is 6.07 Å². The molecule has 0 aromatic heterocycles. The van der Waals surface area contributed by atoms with Gasteiger partial charge >= 0.3 is 5.97 Å². The molecule has 0 aliphatic rings. The number of ether oxygens (including phenoxy) is 1. The number of phenolic OH excluding ortho intramolecular Hbond substituents is 1. The van der Waals surface area contributed by atoms with Gasteiger partial charge in [0, 0.05) is 0 Å². The minimum Gasteiger partial charge on any atom is -0.508 e. The van der Waals surface area contributed by atoms with Crippen LogP contribution in [0.2, 0.25) is 0 Å². The monoisotopic (exact) mass is 651 g/mol. The van der Waals surface area contributed by atoms with Crippen LogP contribution in [0.25, 0.3) is 0 Å². The second-order valence-electron chi connectivity index (χ2n) is 4.75. The Labute approximate surface area is 174 Å². The molecular formula is C15H12I3NO4. The molecule has 0 spiro atoms. The first-order chi connectivity index (χ1) is 10.8. The number of halogens is 3. The predicted octanol–water partition coefficient (Wildman–Crippen LogP) is 3.95. The zero-order chi connectivity index (χ0) is 17.1. The molecule has 2 aromatic carbocycles. The van der Waals surface area contributed by atoms with Crippen LogP contribution in [0.1, 0.15) is 5.56 Å². The van der Waals surface area contributed by atoms with Gasteiger partial charge in [-0.05, 0) is 104 Å². The van der Waals surface area contributed by atoms with Crippen molar-refractivity contribution < 1.29 is 19.7 Å². The van der Waals surface area contributed by atoms with Crippen molar-refractivity contribution in [3.63, 3.8) is 0 Å². The fourth-order valence-electron chi connectivity index (χ4n) is 1.85. The van der Waals surface area contributed by atoms with Crippen molar-refractivity contribution in [2.24, 2.45) is 5.73 Å². The number of aromatic hydroxyl groups is 1. The molecule has 0 bridgehead atoms. The lowest BCUT2D eigenvalue weighted by Gasteiger charge is -2.13. The maximum atomic E-state index is 10.8. The van der Waals surface area contributed by atoms with E-state index in [9.17, 15) is 9.90 Å². The Morgan fingerprint density at radius 2 is 1.74 bits per heavy atom. The van der Waals surface area contributed by atoms with Crippen LogP contribution in [-0.2, 0) is 11.2 Å². The van der Waals surface area contributed by atoms with Crippen molar-refractivity contribution in [3.05, 3.63) is 46.6 Å². The van der Waals surface area contributed by atoms with Gasteiger partial charge in [-0.3, -0.25) is 4.79 Å². The highest BCUT2D eigenvalue weighted by Crippen LogP contribution is 2.36. The lowest BCUT2D eigenvalue weighted by atomic mass is 10.1. The molecule has 0 unspecified atom stereocenters. The number of rotatable bonds is 5. The molecule has 0 saturated heterocycles. The third-order valence-corrected chi connectivity index (χ3v) is 5.41. The molecule has 4 N–H and O–H groups in total. The van der Waals surface area contributed by atoms with Crippen molar-refractivity contribution in [1.82, 2.24) is 0 Å². The highest BCUT2D eigenvalue weighted by Gasteiger charge is 2.15. The summed E-state index contributed by atoms with van der Waals surface area (Å²) in [4.78, 5) is 10.8. The number of nitrogens with two attached hydrogens (primary N) is 1. The van der Waals surface area contributed by atoms with E-state index in [0.29, 0.717) is 11.5 Å². The van der Waals surface area contributed by atoms with Gasteiger partial charge in [0.15, 0.2) is 5.75 Å². The number of hydrogen-bond acceptors (Lipinski definition) is 4. The van der Waals surface area contributed by atoms with E-state index in [0.717, 1.165) is 16.3 Å². The fourth-order valence-corrected chi connectivity index (χ4v) is 4.49. The summed E-state index contributed by atoms with van der Waals surface area (Å²) in [5.41, 5.74) is 6.39. The summed E-state index contributed by atoms with van der Waals surface area (Å²) in [6.07, 6.45) is 0.264. The van der Waals surface area contributed by atoms with Gasteiger partial charge in [-0.25, -0.2) is 0 Å². The van der Waals surface area contributed by atoms with Crippen LogP contribution in [0.15, 0.2) is 30.3 Å². The first-order valence-corrected chi connectivity index (χ1v) is 9.64. The largest absolute Gasteiger partial charge is 0.508 e. The quantitative estimate of drug-likeness (QED) is 0.427. The summed E-state index contributed by atoms with van der Waals surface area (Å²) < 4.78 is 8.42. The molecule has 2 aromatic rings. The third-order valence-electron chi connectivity index (χ3n) is 2.96. The molecule has 0 amide bonds. The number of carboxylic acids is 1. The van der Waals surface area contributed by atoms with Crippen molar-refractivity contribution in [1.29, 1.82) is 0 Å². The van der Waals surface area contributed by atoms with Crippen LogP contribution < -0.4 is 10.5 Å². The number of benzene rings is 2. The molecule has 23 heavy (non-hydrogen) atoms. The molecule has 0 aliphatic carbocycles. The second kappa shape index (κ2) is 8.16. The average molecular weight is 651 g/mol. The number of phenols is 1. The zero-order valence-electron chi connectivity index (χ0n) is 11.6. The average Bonchev–Trinajstić information content (AvgIpc) is 2.44. The molecule has 0 heterocycles. The van der Waals surface area contributed by atoms with Crippen LogP contribution in [0.4, 0.5) is 0 Å². The van der Waals surface area contributed by atoms with E-state index in [4.69, 9.17) is 15.6 Å². The Balaban J connectivity index is 2.24. The maximum Gasteiger partial charge on any atom is 0.320 e. The molecule has 0 aliphatic heterocycles. The highest BCUT2D eigenvalue weighted by molar-refractivity contribution is 14.1. The van der Waals surface area contributed by atoms with Crippen molar-refractivity contribution in [3.8, 4) is 17.2 Å². The Hall–Kier alpha value is -0.340. The van der Waals surface area contributed by atoms with Gasteiger partial charge in [-0.15, -0.1) is 0 Å². The van der Waals surface area contributed by atoms with E-state index in [1.165, 1.54) is 0 Å². The van der Waals surface area contributed by atoms with Crippen LogP contribution in [0.3, 0.4) is 0 Å². The van der Waals surface area contributed by atoms with Crippen LogP contribution >= 0.6 is 67.8 Å². The molecule has 2 rings (SSSR count). The van der Waals surface area contributed by atoms with Crippen LogP contribution in [0, 0.1) is 10.7 Å². The Bertz CT molecular complexity index is 728. The summed E-state index contributed by atoms with van der Waals surface area (Å²) in [7, 11) is 0. The predicted molar refractivity (Wildman–Crippen MR) is 112 cm³/mol. The van der Waals surface area contributed by atoms with E-state index in [2.05, 4.69) is 67.8 Å². The first-order valence-electron chi connectivity index (χ1n) is 6.40. The third kappa shape index (κ3) is 5.06. The van der Waals surface area contributed by atoms with Crippen molar-refractivity contribution in [2.45, 2.75) is 12.5 Å². The van der Waals surface area contributed by atoms with Crippen LogP contribution in [0.5, 0.6) is 17.2 Å². The van der Waals surface area contributed by atoms with Gasteiger partial charge in [0.1, 0.15) is 17.5 Å². The SMILES string of the molecule is N[C@@H](Cc1ccc(Oc2c(I)cc(O)cc2I)c(I)c1)C(=O)O. The summed E-state index contributed by atoms with van der Waals surface area (Å²) >= 11 is 6.35. The number of hydrogen-bond donors (Lipinski definition) is 3. The Morgan fingerprint density at radius 1 is 1.13 bits per heavy atom. The van der Waals surface area contributed by atoms with E-state index in [-0.39, 0.29) is 12.2 Å². The van der Waals surface area contributed by atoms with Crippen LogP contribution in [-0.4, -0.2) is 22.2 Å². The van der Waals surface area contributed by atoms with Gasteiger partial charge in [-0.1, -0.05) is 6.07 Å². The maximum absolute atomic E-state index is 10.8. The van der Waals surface area contributed by atoms with E-state index >= 15 is 0 Å². The summed E-state index contributed by atoms with van der Waals surface area (Å²) in [6, 6.07) is 7.80. The normalized spacial score (nSPS) is 12.0. The molecule has 0 radical (unpaired) electrons. The minimum absolute atomic E-state index is 0.193. The van der Waals surface area contributed by atoms with E-state index < -0.39 is 12.0 Å². The lowest BCUT2D eigenvalue weighted by Crippen LogP contribution is -2.32. The Kier molecular flexibility index (Phi) is 6.74. The van der Waals surface area contributed by atoms with Gasteiger partial charge in [0.2, 0.25) is 0 Å². The molecule has 1 atom stereocenters.